The number of benzene rings is 1. The number of rotatable bonds is 6. The number of nitrogens with two attached hydrogens (primary N) is 1. The molecule has 0 aliphatic heterocycles. The summed E-state index contributed by atoms with van der Waals surface area (Å²) >= 11 is 0. The van der Waals surface area contributed by atoms with E-state index in [1.54, 1.807) is 23.1 Å². The van der Waals surface area contributed by atoms with E-state index in [9.17, 15) is 5.11 Å². The van der Waals surface area contributed by atoms with Crippen molar-refractivity contribution in [3.05, 3.63) is 47.8 Å². The first-order valence-electron chi connectivity index (χ1n) is 6.70. The van der Waals surface area contributed by atoms with E-state index < -0.39 is 6.10 Å². The summed E-state index contributed by atoms with van der Waals surface area (Å²) in [6.45, 7) is 1.59. The summed E-state index contributed by atoms with van der Waals surface area (Å²) in [5.74, 6) is 0. The third kappa shape index (κ3) is 4.60. The highest BCUT2D eigenvalue weighted by Gasteiger charge is 2.10. The lowest BCUT2D eigenvalue weighted by Crippen LogP contribution is -2.31. The number of likely N-dealkylation sites (N-methyl/N-ethyl adjacent to an activating group) is 1. The second kappa shape index (κ2) is 6.88. The third-order valence-electron chi connectivity index (χ3n) is 3.08. The maximum atomic E-state index is 10.1. The molecule has 0 aliphatic rings. The van der Waals surface area contributed by atoms with E-state index in [4.69, 9.17) is 11.0 Å². The van der Waals surface area contributed by atoms with Crippen molar-refractivity contribution >= 4 is 5.69 Å². The fourth-order valence-corrected chi connectivity index (χ4v) is 2.23. The zero-order chi connectivity index (χ0) is 15.2. The number of nitrogen functional groups attached to an aromatic ring is 1. The molecule has 1 unspecified atom stereocenters. The molecule has 2 rings (SSSR count). The van der Waals surface area contributed by atoms with Gasteiger partial charge in [0.25, 0.3) is 0 Å². The minimum absolute atomic E-state index is 0.403. The van der Waals surface area contributed by atoms with Crippen LogP contribution in [0, 0.1) is 11.3 Å². The molecule has 6 nitrogen and oxygen atoms in total. The Morgan fingerprint density at radius 2 is 2.33 bits per heavy atom. The first-order chi connectivity index (χ1) is 10.1. The van der Waals surface area contributed by atoms with Gasteiger partial charge in [0.05, 0.1) is 36.2 Å². The van der Waals surface area contributed by atoms with Gasteiger partial charge in [-0.25, -0.2) is 0 Å². The van der Waals surface area contributed by atoms with E-state index in [0.29, 0.717) is 30.9 Å². The van der Waals surface area contributed by atoms with Gasteiger partial charge in [0.2, 0.25) is 0 Å². The van der Waals surface area contributed by atoms with Crippen LogP contribution in [0.2, 0.25) is 0 Å². The molecule has 0 bridgehead atoms. The zero-order valence-corrected chi connectivity index (χ0v) is 12.0. The lowest BCUT2D eigenvalue weighted by Gasteiger charge is -2.20. The van der Waals surface area contributed by atoms with Gasteiger partial charge in [0.15, 0.2) is 0 Å². The van der Waals surface area contributed by atoms with E-state index in [0.717, 1.165) is 5.56 Å². The first-order valence-corrected chi connectivity index (χ1v) is 6.70. The van der Waals surface area contributed by atoms with Gasteiger partial charge in [-0.05, 0) is 24.7 Å². The van der Waals surface area contributed by atoms with Gasteiger partial charge in [0.1, 0.15) is 0 Å². The molecule has 1 aromatic carbocycles. The van der Waals surface area contributed by atoms with Gasteiger partial charge in [-0.1, -0.05) is 12.1 Å². The molecule has 0 amide bonds. The van der Waals surface area contributed by atoms with Crippen molar-refractivity contribution in [3.8, 4) is 6.07 Å². The molecule has 110 valence electrons. The summed E-state index contributed by atoms with van der Waals surface area (Å²) in [6, 6.07) is 9.60. The van der Waals surface area contributed by atoms with Gasteiger partial charge in [0, 0.05) is 19.3 Å². The van der Waals surface area contributed by atoms with Gasteiger partial charge in [-0.15, -0.1) is 0 Å². The van der Waals surface area contributed by atoms with Crippen LogP contribution in [0.15, 0.2) is 36.7 Å². The molecule has 0 aliphatic carbocycles. The molecule has 1 atom stereocenters. The highest BCUT2D eigenvalue weighted by atomic mass is 16.3. The van der Waals surface area contributed by atoms with Crippen LogP contribution in [-0.2, 0) is 13.1 Å². The molecule has 1 heterocycles. The molecule has 0 fully saturated rings. The highest BCUT2D eigenvalue weighted by molar-refractivity contribution is 5.32. The van der Waals surface area contributed by atoms with Crippen LogP contribution in [0.4, 0.5) is 5.69 Å². The predicted molar refractivity (Wildman–Crippen MR) is 80.1 cm³/mol. The maximum Gasteiger partial charge on any atom is 0.0991 e. The number of nitrogens with zero attached hydrogens (tertiary/aromatic N) is 4. The Bertz CT molecular complexity index is 631. The SMILES string of the molecule is CN(Cc1cccc(C#N)c1)CC(O)Cn1cc(N)cn1. The van der Waals surface area contributed by atoms with Crippen LogP contribution in [-0.4, -0.2) is 39.5 Å². The minimum atomic E-state index is -0.534. The molecule has 3 N–H and O–H groups in total. The number of hydrogen-bond acceptors (Lipinski definition) is 5. The van der Waals surface area contributed by atoms with Gasteiger partial charge >= 0.3 is 0 Å². The number of anilines is 1. The van der Waals surface area contributed by atoms with Gasteiger partial charge in [-0.2, -0.15) is 10.4 Å². The fourth-order valence-electron chi connectivity index (χ4n) is 2.23. The maximum absolute atomic E-state index is 10.1. The third-order valence-corrected chi connectivity index (χ3v) is 3.08. The van der Waals surface area contributed by atoms with E-state index in [-0.39, 0.29) is 0 Å². The number of hydrogen-bond donors (Lipinski definition) is 2. The van der Waals surface area contributed by atoms with Crippen LogP contribution in [0.25, 0.3) is 0 Å². The quantitative estimate of drug-likeness (QED) is 0.820. The van der Waals surface area contributed by atoms with Crippen molar-refractivity contribution in [2.24, 2.45) is 0 Å². The van der Waals surface area contributed by atoms with Crippen LogP contribution >= 0.6 is 0 Å². The zero-order valence-electron chi connectivity index (χ0n) is 12.0. The summed E-state index contributed by atoms with van der Waals surface area (Å²) in [5, 5.41) is 23.0. The van der Waals surface area contributed by atoms with Crippen molar-refractivity contribution in [1.29, 1.82) is 5.26 Å². The van der Waals surface area contributed by atoms with Crippen LogP contribution in [0.5, 0.6) is 0 Å². The summed E-state index contributed by atoms with van der Waals surface area (Å²) in [4.78, 5) is 2.01. The van der Waals surface area contributed by atoms with E-state index in [2.05, 4.69) is 11.2 Å². The van der Waals surface area contributed by atoms with E-state index >= 15 is 0 Å². The van der Waals surface area contributed by atoms with Gasteiger partial charge < -0.3 is 10.8 Å². The molecule has 0 spiro atoms. The number of aromatic nitrogens is 2. The fraction of sp³-hybridized carbons (Fsp3) is 0.333. The molecule has 1 aromatic heterocycles. The number of aliphatic hydroxyl groups is 1. The molecule has 0 saturated carbocycles. The van der Waals surface area contributed by atoms with Gasteiger partial charge in [-0.3, -0.25) is 9.58 Å². The second-order valence-electron chi connectivity index (χ2n) is 5.16. The lowest BCUT2D eigenvalue weighted by atomic mass is 10.1. The molecule has 0 radical (unpaired) electrons. The predicted octanol–water partition coefficient (Wildman–Crippen LogP) is 0.830. The standard InChI is InChI=1S/C15H19N5O/c1-19(8-13-4-2-3-12(5-13)6-16)10-15(21)11-20-9-14(17)7-18-20/h2-5,7,9,15,21H,8,10-11,17H2,1H3. The normalized spacial score (nSPS) is 12.3. The molecule has 6 heteroatoms. The summed E-state index contributed by atoms with van der Waals surface area (Å²) in [5.41, 5.74) is 7.87. The largest absolute Gasteiger partial charge is 0.396 e. The summed E-state index contributed by atoms with van der Waals surface area (Å²) in [7, 11) is 1.93. The molecule has 0 saturated heterocycles. The Morgan fingerprint density at radius 1 is 1.52 bits per heavy atom. The Balaban J connectivity index is 1.86. The number of nitriles is 1. The Labute approximate surface area is 124 Å². The highest BCUT2D eigenvalue weighted by Crippen LogP contribution is 2.08. The Morgan fingerprint density at radius 3 is 3.00 bits per heavy atom. The van der Waals surface area contributed by atoms with Crippen molar-refractivity contribution in [3.63, 3.8) is 0 Å². The van der Waals surface area contributed by atoms with Crippen molar-refractivity contribution in [2.75, 3.05) is 19.3 Å². The van der Waals surface area contributed by atoms with Crippen LogP contribution < -0.4 is 5.73 Å². The van der Waals surface area contributed by atoms with Crippen molar-refractivity contribution in [1.82, 2.24) is 14.7 Å². The van der Waals surface area contributed by atoms with Crippen LogP contribution in [0.1, 0.15) is 11.1 Å². The Kier molecular flexibility index (Phi) is 4.93. The average molecular weight is 285 g/mol. The Hall–Kier alpha value is -2.36. The summed E-state index contributed by atoms with van der Waals surface area (Å²) < 4.78 is 1.63. The summed E-state index contributed by atoms with van der Waals surface area (Å²) in [6.07, 6.45) is 2.72. The van der Waals surface area contributed by atoms with Crippen molar-refractivity contribution < 1.29 is 5.11 Å². The second-order valence-corrected chi connectivity index (χ2v) is 5.16. The smallest absolute Gasteiger partial charge is 0.0991 e. The monoisotopic (exact) mass is 285 g/mol. The molecule has 21 heavy (non-hydrogen) atoms. The van der Waals surface area contributed by atoms with E-state index in [1.165, 1.54) is 0 Å². The molecular formula is C15H19N5O. The average Bonchev–Trinajstić information content (AvgIpc) is 2.83. The molecule has 2 aromatic rings. The van der Waals surface area contributed by atoms with Crippen LogP contribution in [0.3, 0.4) is 0 Å². The first kappa shape index (κ1) is 15.0. The minimum Gasteiger partial charge on any atom is -0.396 e. The van der Waals surface area contributed by atoms with Crippen molar-refractivity contribution in [2.45, 2.75) is 19.2 Å². The van der Waals surface area contributed by atoms with E-state index in [1.807, 2.05) is 30.1 Å². The molecular weight excluding hydrogens is 266 g/mol. The lowest BCUT2D eigenvalue weighted by molar-refractivity contribution is 0.104. The topological polar surface area (TPSA) is 91.1 Å². The number of aliphatic hydroxyl groups excluding tert-OH is 1.